The number of quaternary nitrogens is 2. The SMILES string of the molecule is CCCC[N+](CCCC)(CCCC)CCCC.CC[N+](CC)(CC)CC.[K+].[Li+].[Na+]. The third kappa shape index (κ3) is 21.4. The van der Waals surface area contributed by atoms with Crippen LogP contribution in [0.4, 0.5) is 0 Å². The zero-order chi connectivity index (χ0) is 20.3. The molecule has 0 atom stereocenters. The maximum absolute atomic E-state index is 2.33. The van der Waals surface area contributed by atoms with Crippen LogP contribution in [0.15, 0.2) is 0 Å². The van der Waals surface area contributed by atoms with Gasteiger partial charge in [-0.3, -0.25) is 0 Å². The second kappa shape index (κ2) is 29.2. The molecule has 0 aliphatic heterocycles. The van der Waals surface area contributed by atoms with Crippen molar-refractivity contribution in [1.29, 1.82) is 0 Å². The van der Waals surface area contributed by atoms with Gasteiger partial charge in [-0.05, 0) is 53.4 Å². The molecule has 0 N–H and O–H groups in total. The minimum Gasteiger partial charge on any atom is -0.325 e. The van der Waals surface area contributed by atoms with E-state index in [1.807, 2.05) is 0 Å². The first-order valence-corrected chi connectivity index (χ1v) is 12.2. The van der Waals surface area contributed by atoms with Crippen molar-refractivity contribution in [3.05, 3.63) is 0 Å². The normalized spacial score (nSPS) is 10.8. The summed E-state index contributed by atoms with van der Waals surface area (Å²) in [5.74, 6) is 0. The van der Waals surface area contributed by atoms with Crippen LogP contribution in [0, 0.1) is 0 Å². The van der Waals surface area contributed by atoms with Gasteiger partial charge in [-0.15, -0.1) is 0 Å². The van der Waals surface area contributed by atoms with Gasteiger partial charge in [0.05, 0.1) is 52.4 Å². The summed E-state index contributed by atoms with van der Waals surface area (Å²) < 4.78 is 2.70. The van der Waals surface area contributed by atoms with Gasteiger partial charge in [0.15, 0.2) is 0 Å². The molecule has 0 aliphatic rings. The van der Waals surface area contributed by atoms with E-state index in [1.54, 1.807) is 0 Å². The minimum atomic E-state index is 0. The van der Waals surface area contributed by atoms with E-state index in [2.05, 4.69) is 55.4 Å². The molecule has 0 aromatic carbocycles. The molecule has 0 saturated heterocycles. The van der Waals surface area contributed by atoms with Crippen molar-refractivity contribution in [3.8, 4) is 0 Å². The van der Waals surface area contributed by atoms with E-state index in [1.165, 1.54) is 113 Å². The van der Waals surface area contributed by atoms with Crippen LogP contribution in [-0.4, -0.2) is 61.3 Å². The van der Waals surface area contributed by atoms with Crippen LogP contribution in [0.25, 0.3) is 0 Å². The predicted molar refractivity (Wildman–Crippen MR) is 122 cm³/mol. The van der Waals surface area contributed by atoms with E-state index in [9.17, 15) is 0 Å². The Bertz CT molecular complexity index is 235. The summed E-state index contributed by atoms with van der Waals surface area (Å²) in [5.41, 5.74) is 0. The molecule has 0 spiro atoms. The fourth-order valence-electron chi connectivity index (χ4n) is 3.99. The standard InChI is InChI=1S/C16H36N.C8H20N.K.Li.Na/c1-5-9-13-17(14-10-6-2,15-11-7-3)16-12-8-4;1-5-9(6-2,7-3)8-4;;;/h5-16H2,1-4H3;5-8H2,1-4H3;;;/q5*+1. The van der Waals surface area contributed by atoms with Crippen molar-refractivity contribution >= 4 is 0 Å². The van der Waals surface area contributed by atoms with E-state index in [-0.39, 0.29) is 99.8 Å². The van der Waals surface area contributed by atoms with Gasteiger partial charge in [-0.25, -0.2) is 0 Å². The summed E-state index contributed by atoms with van der Waals surface area (Å²) in [4.78, 5) is 0. The van der Waals surface area contributed by atoms with Crippen molar-refractivity contribution in [3.63, 3.8) is 0 Å². The van der Waals surface area contributed by atoms with Crippen molar-refractivity contribution in [2.45, 2.75) is 107 Å². The Hall–Kier alpha value is 3.15. The van der Waals surface area contributed by atoms with E-state index < -0.39 is 0 Å². The molecular formula is C24H56KLiN2Na+5. The number of rotatable bonds is 16. The monoisotopic (exact) mass is 441 g/mol. The second-order valence-electron chi connectivity index (χ2n) is 8.26. The quantitative estimate of drug-likeness (QED) is 0.190. The first kappa shape index (κ1) is 42.3. The molecule has 0 rings (SSSR count). The fraction of sp³-hybridized carbons (Fsp3) is 1.00. The molecule has 0 heterocycles. The molecule has 2 nitrogen and oxygen atoms in total. The molecule has 0 amide bonds. The van der Waals surface area contributed by atoms with E-state index in [0.717, 1.165) is 0 Å². The van der Waals surface area contributed by atoms with Crippen molar-refractivity contribution in [2.24, 2.45) is 0 Å². The molecule has 0 unspecified atom stereocenters. The smallest absolute Gasteiger partial charge is 0.325 e. The zero-order valence-corrected chi connectivity index (χ0v) is 28.3. The van der Waals surface area contributed by atoms with Gasteiger partial charge in [0.1, 0.15) is 0 Å². The Kier molecular flexibility index (Phi) is 42.6. The van der Waals surface area contributed by atoms with Gasteiger partial charge in [0, 0.05) is 0 Å². The van der Waals surface area contributed by atoms with Crippen LogP contribution in [0.3, 0.4) is 0 Å². The molecule has 0 aromatic heterocycles. The average Bonchev–Trinajstić information content (AvgIpc) is 2.69. The van der Waals surface area contributed by atoms with Gasteiger partial charge in [0.2, 0.25) is 0 Å². The van der Waals surface area contributed by atoms with E-state index >= 15 is 0 Å². The summed E-state index contributed by atoms with van der Waals surface area (Å²) in [6, 6.07) is 0. The van der Waals surface area contributed by atoms with Gasteiger partial charge < -0.3 is 8.97 Å². The molecule has 5 heteroatoms. The molecule has 0 bridgehead atoms. The predicted octanol–water partition coefficient (Wildman–Crippen LogP) is -2.10. The van der Waals surface area contributed by atoms with Crippen LogP contribution < -0.4 is 99.8 Å². The second-order valence-corrected chi connectivity index (χ2v) is 8.26. The Labute approximate surface area is 264 Å². The summed E-state index contributed by atoms with van der Waals surface area (Å²) in [6.45, 7) is 29.2. The Morgan fingerprint density at radius 1 is 0.414 bits per heavy atom. The minimum absolute atomic E-state index is 0. The zero-order valence-electron chi connectivity index (χ0n) is 23.2. The Morgan fingerprint density at radius 3 is 0.724 bits per heavy atom. The third-order valence-electron chi connectivity index (χ3n) is 6.63. The third-order valence-corrected chi connectivity index (χ3v) is 6.63. The van der Waals surface area contributed by atoms with Gasteiger partial charge in [-0.2, -0.15) is 0 Å². The number of nitrogens with zero attached hydrogens (tertiary/aromatic N) is 2. The summed E-state index contributed by atoms with van der Waals surface area (Å²) in [7, 11) is 0. The van der Waals surface area contributed by atoms with Crippen LogP contribution in [0.5, 0.6) is 0 Å². The summed E-state index contributed by atoms with van der Waals surface area (Å²) in [6.07, 6.45) is 11.1. The van der Waals surface area contributed by atoms with Gasteiger partial charge in [-0.1, -0.05) is 53.4 Å². The summed E-state index contributed by atoms with van der Waals surface area (Å²) in [5, 5.41) is 0. The Morgan fingerprint density at radius 2 is 0.621 bits per heavy atom. The molecule has 0 radical (unpaired) electrons. The molecule has 0 saturated carbocycles. The van der Waals surface area contributed by atoms with E-state index in [0.29, 0.717) is 0 Å². The Balaban J connectivity index is -0.000000139. The number of unbranched alkanes of at least 4 members (excludes halogenated alkanes) is 4. The van der Waals surface area contributed by atoms with Gasteiger partial charge in [0.25, 0.3) is 0 Å². The molecule has 0 fully saturated rings. The fourth-order valence-corrected chi connectivity index (χ4v) is 3.99. The van der Waals surface area contributed by atoms with Crippen molar-refractivity contribution < 1.29 is 109 Å². The van der Waals surface area contributed by atoms with Crippen LogP contribution >= 0.6 is 0 Å². The summed E-state index contributed by atoms with van der Waals surface area (Å²) >= 11 is 0. The topological polar surface area (TPSA) is 0 Å². The molecular weight excluding hydrogens is 385 g/mol. The van der Waals surface area contributed by atoms with E-state index in [4.69, 9.17) is 0 Å². The van der Waals surface area contributed by atoms with Crippen molar-refractivity contribution in [1.82, 2.24) is 0 Å². The molecule has 160 valence electrons. The maximum atomic E-state index is 2.33. The van der Waals surface area contributed by atoms with Crippen LogP contribution in [0.2, 0.25) is 0 Å². The van der Waals surface area contributed by atoms with Crippen molar-refractivity contribution in [2.75, 3.05) is 52.4 Å². The number of hydrogen-bond acceptors (Lipinski definition) is 0. The maximum Gasteiger partial charge on any atom is 1.00 e. The van der Waals surface area contributed by atoms with Gasteiger partial charge >= 0.3 is 99.8 Å². The molecule has 29 heavy (non-hydrogen) atoms. The first-order chi connectivity index (χ1) is 12.5. The van der Waals surface area contributed by atoms with Crippen LogP contribution in [-0.2, 0) is 0 Å². The van der Waals surface area contributed by atoms with Crippen LogP contribution in [0.1, 0.15) is 107 Å². The molecule has 0 aliphatic carbocycles. The first-order valence-electron chi connectivity index (χ1n) is 12.2. The largest absolute Gasteiger partial charge is 1.00 e. The molecule has 0 aromatic rings. The number of hydrogen-bond donors (Lipinski definition) is 0. The average molecular weight is 442 g/mol.